The van der Waals surface area contributed by atoms with Gasteiger partial charge in [0, 0.05) is 17.9 Å². The van der Waals surface area contributed by atoms with Crippen LogP contribution >= 0.6 is 0 Å². The monoisotopic (exact) mass is 355 g/mol. The lowest BCUT2D eigenvalue weighted by Crippen LogP contribution is -2.15. The smallest absolute Gasteiger partial charge is 0.163 e. The van der Waals surface area contributed by atoms with Crippen LogP contribution in [0.15, 0.2) is 84.9 Å². The molecule has 0 N–H and O–H groups in total. The molecule has 3 nitrogen and oxygen atoms in total. The molecule has 0 amide bonds. The fourth-order valence-corrected chi connectivity index (χ4v) is 3.28. The zero-order valence-corrected chi connectivity index (χ0v) is 15.2. The first-order valence-corrected chi connectivity index (χ1v) is 8.89. The topological polar surface area (TPSA) is 50.1 Å². The quantitative estimate of drug-likeness (QED) is 0.536. The first-order valence-electron chi connectivity index (χ1n) is 8.89. The van der Waals surface area contributed by atoms with E-state index in [4.69, 9.17) is 4.74 Å². The molecule has 0 aliphatic rings. The maximum atomic E-state index is 12.9. The van der Waals surface area contributed by atoms with Crippen LogP contribution in [0, 0.1) is 11.3 Å². The molecule has 0 aromatic heterocycles. The summed E-state index contributed by atoms with van der Waals surface area (Å²) in [6, 6.07) is 29.0. The summed E-state index contributed by atoms with van der Waals surface area (Å²) < 4.78 is 5.16. The molecule has 0 unspecified atom stereocenters. The van der Waals surface area contributed by atoms with Crippen LogP contribution in [0.1, 0.15) is 39.7 Å². The number of ketones is 1. The SMILES string of the molecule is COc1ccc(C(=O)C[C@H](c2ccccc2)[C@H](C#N)c2ccccc2)cc1. The summed E-state index contributed by atoms with van der Waals surface area (Å²) in [6.07, 6.45) is 0.267. The summed E-state index contributed by atoms with van der Waals surface area (Å²) in [4.78, 5) is 12.9. The maximum absolute atomic E-state index is 12.9. The van der Waals surface area contributed by atoms with Gasteiger partial charge in [-0.2, -0.15) is 5.26 Å². The molecule has 2 atom stereocenters. The summed E-state index contributed by atoms with van der Waals surface area (Å²) in [5, 5.41) is 9.89. The molecule has 3 aromatic carbocycles. The molecule has 0 spiro atoms. The van der Waals surface area contributed by atoms with Crippen LogP contribution in [0.5, 0.6) is 5.75 Å². The molecule has 3 aromatic rings. The van der Waals surface area contributed by atoms with Gasteiger partial charge in [0.2, 0.25) is 0 Å². The standard InChI is InChI=1S/C24H21NO2/c1-27-21-14-12-20(13-15-21)24(26)16-22(18-8-4-2-5-9-18)23(17-25)19-10-6-3-7-11-19/h2-15,22-23H,16H2,1H3/t22-,23-/m1/s1. The van der Waals surface area contributed by atoms with Gasteiger partial charge in [-0.1, -0.05) is 60.7 Å². The first-order chi connectivity index (χ1) is 13.2. The maximum Gasteiger partial charge on any atom is 0.163 e. The molecule has 3 rings (SSSR count). The second-order valence-corrected chi connectivity index (χ2v) is 6.39. The van der Waals surface area contributed by atoms with Gasteiger partial charge in [-0.05, 0) is 35.4 Å². The fraction of sp³-hybridized carbons (Fsp3) is 0.167. The van der Waals surface area contributed by atoms with Crippen molar-refractivity contribution in [3.05, 3.63) is 102 Å². The van der Waals surface area contributed by atoms with Crippen LogP contribution < -0.4 is 4.74 Å². The van der Waals surface area contributed by atoms with Crippen molar-refractivity contribution in [3.63, 3.8) is 0 Å². The van der Waals surface area contributed by atoms with Gasteiger partial charge in [0.1, 0.15) is 5.75 Å². The minimum atomic E-state index is -0.393. The number of nitriles is 1. The second kappa shape index (κ2) is 8.82. The Morgan fingerprint density at radius 1 is 0.889 bits per heavy atom. The highest BCUT2D eigenvalue weighted by atomic mass is 16.5. The van der Waals surface area contributed by atoms with E-state index in [1.807, 2.05) is 60.7 Å². The van der Waals surface area contributed by atoms with Crippen molar-refractivity contribution >= 4 is 5.78 Å². The molecule has 0 aliphatic carbocycles. The van der Waals surface area contributed by atoms with Crippen molar-refractivity contribution in [2.75, 3.05) is 7.11 Å². The van der Waals surface area contributed by atoms with Crippen molar-refractivity contribution in [1.29, 1.82) is 5.26 Å². The Labute approximate surface area is 159 Å². The van der Waals surface area contributed by atoms with E-state index < -0.39 is 5.92 Å². The van der Waals surface area contributed by atoms with Crippen LogP contribution in [-0.2, 0) is 0 Å². The number of benzene rings is 3. The highest BCUT2D eigenvalue weighted by molar-refractivity contribution is 5.96. The number of methoxy groups -OCH3 is 1. The molecular formula is C24H21NO2. The largest absolute Gasteiger partial charge is 0.497 e. The van der Waals surface area contributed by atoms with Crippen LogP contribution in [0.25, 0.3) is 0 Å². The lowest BCUT2D eigenvalue weighted by molar-refractivity contribution is 0.0971. The lowest BCUT2D eigenvalue weighted by Gasteiger charge is -2.22. The third-order valence-corrected chi connectivity index (χ3v) is 4.75. The summed E-state index contributed by atoms with van der Waals surface area (Å²) in [5.41, 5.74) is 2.55. The molecule has 0 saturated carbocycles. The molecule has 134 valence electrons. The van der Waals surface area contributed by atoms with Gasteiger partial charge in [0.25, 0.3) is 0 Å². The second-order valence-electron chi connectivity index (χ2n) is 6.39. The Balaban J connectivity index is 1.92. The number of hydrogen-bond acceptors (Lipinski definition) is 3. The van der Waals surface area contributed by atoms with E-state index in [1.54, 1.807) is 31.4 Å². The van der Waals surface area contributed by atoms with Crippen molar-refractivity contribution in [2.45, 2.75) is 18.3 Å². The van der Waals surface area contributed by atoms with E-state index in [0.717, 1.165) is 11.1 Å². The van der Waals surface area contributed by atoms with E-state index in [-0.39, 0.29) is 18.1 Å². The summed E-state index contributed by atoms with van der Waals surface area (Å²) in [5.74, 6) is 0.122. The van der Waals surface area contributed by atoms with Crippen molar-refractivity contribution in [1.82, 2.24) is 0 Å². The number of carbonyl (C=O) groups excluding carboxylic acids is 1. The minimum absolute atomic E-state index is 0.0164. The van der Waals surface area contributed by atoms with Crippen LogP contribution in [0.3, 0.4) is 0 Å². The van der Waals surface area contributed by atoms with Crippen LogP contribution in [-0.4, -0.2) is 12.9 Å². The Morgan fingerprint density at radius 2 is 1.44 bits per heavy atom. The zero-order chi connectivity index (χ0) is 19.1. The third kappa shape index (κ3) is 4.43. The third-order valence-electron chi connectivity index (χ3n) is 4.75. The molecule has 0 saturated heterocycles. The summed E-state index contributed by atoms with van der Waals surface area (Å²) in [6.45, 7) is 0. The Kier molecular flexibility index (Phi) is 6.02. The van der Waals surface area contributed by atoms with Crippen molar-refractivity contribution in [2.24, 2.45) is 0 Å². The Morgan fingerprint density at radius 3 is 1.96 bits per heavy atom. The molecule has 0 aliphatic heterocycles. The van der Waals surface area contributed by atoms with Gasteiger partial charge in [0.15, 0.2) is 5.78 Å². The molecule has 0 bridgehead atoms. The van der Waals surface area contributed by atoms with Gasteiger partial charge < -0.3 is 4.74 Å². The van der Waals surface area contributed by atoms with Gasteiger partial charge in [-0.3, -0.25) is 4.79 Å². The number of hydrogen-bond donors (Lipinski definition) is 0. The van der Waals surface area contributed by atoms with Crippen molar-refractivity contribution in [3.8, 4) is 11.8 Å². The van der Waals surface area contributed by atoms with E-state index in [1.165, 1.54) is 0 Å². The highest BCUT2D eigenvalue weighted by Gasteiger charge is 2.27. The summed E-state index contributed by atoms with van der Waals surface area (Å²) >= 11 is 0. The molecule has 0 fully saturated rings. The number of Topliss-reactive ketones (excluding diaryl/α,β-unsaturated/α-hetero) is 1. The average molecular weight is 355 g/mol. The van der Waals surface area contributed by atoms with Crippen LogP contribution in [0.2, 0.25) is 0 Å². The Bertz CT molecular complexity index is 912. The van der Waals surface area contributed by atoms with E-state index >= 15 is 0 Å². The highest BCUT2D eigenvalue weighted by Crippen LogP contribution is 2.36. The normalized spacial score (nSPS) is 12.6. The predicted molar refractivity (Wildman–Crippen MR) is 106 cm³/mol. The molecule has 3 heteroatoms. The van der Waals surface area contributed by atoms with Gasteiger partial charge in [0.05, 0.1) is 19.1 Å². The Hall–Kier alpha value is -3.38. The molecule has 0 radical (unpaired) electrons. The van der Waals surface area contributed by atoms with Crippen molar-refractivity contribution < 1.29 is 9.53 Å². The molecular weight excluding hydrogens is 334 g/mol. The van der Waals surface area contributed by atoms with E-state index in [9.17, 15) is 10.1 Å². The number of nitrogens with zero attached hydrogens (tertiary/aromatic N) is 1. The van der Waals surface area contributed by atoms with Gasteiger partial charge in [-0.25, -0.2) is 0 Å². The number of rotatable bonds is 7. The van der Waals surface area contributed by atoms with E-state index in [0.29, 0.717) is 11.3 Å². The first kappa shape index (κ1) is 18.4. The van der Waals surface area contributed by atoms with Crippen LogP contribution in [0.4, 0.5) is 0 Å². The lowest BCUT2D eigenvalue weighted by atomic mass is 9.78. The minimum Gasteiger partial charge on any atom is -0.497 e. The number of carbonyl (C=O) groups is 1. The molecule has 27 heavy (non-hydrogen) atoms. The fourth-order valence-electron chi connectivity index (χ4n) is 3.28. The zero-order valence-electron chi connectivity index (χ0n) is 15.2. The number of ether oxygens (including phenoxy) is 1. The predicted octanol–water partition coefficient (Wildman–Crippen LogP) is 5.36. The van der Waals surface area contributed by atoms with Gasteiger partial charge in [-0.15, -0.1) is 0 Å². The van der Waals surface area contributed by atoms with E-state index in [2.05, 4.69) is 6.07 Å². The molecule has 0 heterocycles. The average Bonchev–Trinajstić information content (AvgIpc) is 2.75. The summed E-state index contributed by atoms with van der Waals surface area (Å²) in [7, 11) is 1.60. The van der Waals surface area contributed by atoms with Gasteiger partial charge >= 0.3 is 0 Å².